The van der Waals surface area contributed by atoms with Crippen molar-refractivity contribution in [3.8, 4) is 11.6 Å². The van der Waals surface area contributed by atoms with Crippen molar-refractivity contribution in [3.63, 3.8) is 0 Å². The molecule has 144 valence electrons. The van der Waals surface area contributed by atoms with Crippen molar-refractivity contribution in [3.05, 3.63) is 70.1 Å². The standard InChI is InChI=1S/C21H21BrN4O2/c1-13(2)20-16(12-24-26(20)19-5-3-4-9-23-19)21(27)25-17-8-10-28-18-7-6-14(22)11-15(17)18/h3-7,9,11-13,17H,8,10H2,1-2H3,(H,25,27). The van der Waals surface area contributed by atoms with Crippen LogP contribution in [0.5, 0.6) is 5.75 Å². The number of hydrogen-bond acceptors (Lipinski definition) is 4. The van der Waals surface area contributed by atoms with Gasteiger partial charge in [0, 0.05) is 22.7 Å². The molecule has 0 aliphatic carbocycles. The van der Waals surface area contributed by atoms with Crippen LogP contribution < -0.4 is 10.1 Å². The second-order valence-corrected chi connectivity index (χ2v) is 7.96. The zero-order valence-corrected chi connectivity index (χ0v) is 17.3. The highest BCUT2D eigenvalue weighted by molar-refractivity contribution is 9.10. The molecule has 28 heavy (non-hydrogen) atoms. The van der Waals surface area contributed by atoms with E-state index in [1.165, 1.54) is 0 Å². The molecule has 0 saturated heterocycles. The third-order valence-electron chi connectivity index (χ3n) is 4.78. The van der Waals surface area contributed by atoms with Crippen LogP contribution in [0.3, 0.4) is 0 Å². The van der Waals surface area contributed by atoms with Crippen LogP contribution in [0.15, 0.2) is 53.3 Å². The maximum atomic E-state index is 13.1. The number of carbonyl (C=O) groups excluding carboxylic acids is 1. The second kappa shape index (κ2) is 7.75. The molecule has 0 radical (unpaired) electrons. The van der Waals surface area contributed by atoms with Crippen LogP contribution >= 0.6 is 15.9 Å². The van der Waals surface area contributed by atoms with Gasteiger partial charge in [-0.05, 0) is 36.2 Å². The Morgan fingerprint density at radius 2 is 2.18 bits per heavy atom. The molecule has 3 heterocycles. The molecule has 1 aliphatic heterocycles. The van der Waals surface area contributed by atoms with E-state index in [0.717, 1.165) is 27.9 Å². The summed E-state index contributed by atoms with van der Waals surface area (Å²) >= 11 is 3.50. The summed E-state index contributed by atoms with van der Waals surface area (Å²) in [7, 11) is 0. The van der Waals surface area contributed by atoms with Gasteiger partial charge in [0.05, 0.1) is 30.1 Å². The first kappa shape index (κ1) is 18.7. The van der Waals surface area contributed by atoms with Gasteiger partial charge in [0.15, 0.2) is 5.82 Å². The topological polar surface area (TPSA) is 69.0 Å². The summed E-state index contributed by atoms with van der Waals surface area (Å²) in [6.45, 7) is 4.67. The number of amides is 1. The average Bonchev–Trinajstić information content (AvgIpc) is 3.15. The third kappa shape index (κ3) is 3.54. The number of aromatic nitrogens is 3. The van der Waals surface area contributed by atoms with Crippen LogP contribution in [0.25, 0.3) is 5.82 Å². The lowest BCUT2D eigenvalue weighted by Gasteiger charge is -2.27. The molecule has 1 aliphatic rings. The lowest BCUT2D eigenvalue weighted by atomic mass is 9.99. The van der Waals surface area contributed by atoms with E-state index in [2.05, 4.69) is 31.3 Å². The Morgan fingerprint density at radius 1 is 1.32 bits per heavy atom. The molecule has 0 saturated carbocycles. The maximum Gasteiger partial charge on any atom is 0.255 e. The normalized spacial score (nSPS) is 15.8. The van der Waals surface area contributed by atoms with E-state index >= 15 is 0 Å². The number of rotatable bonds is 4. The van der Waals surface area contributed by atoms with Gasteiger partial charge in [0.1, 0.15) is 5.75 Å². The first-order valence-corrected chi connectivity index (χ1v) is 10.1. The summed E-state index contributed by atoms with van der Waals surface area (Å²) in [5.74, 6) is 1.49. The molecule has 2 aromatic heterocycles. The number of hydrogen-bond donors (Lipinski definition) is 1. The highest BCUT2D eigenvalue weighted by Gasteiger charge is 2.27. The fourth-order valence-corrected chi connectivity index (χ4v) is 3.88. The monoisotopic (exact) mass is 440 g/mol. The van der Waals surface area contributed by atoms with Crippen molar-refractivity contribution in [2.45, 2.75) is 32.2 Å². The van der Waals surface area contributed by atoms with Gasteiger partial charge >= 0.3 is 0 Å². The Balaban J connectivity index is 1.65. The Bertz CT molecular complexity index is 1000. The van der Waals surface area contributed by atoms with E-state index < -0.39 is 0 Å². The number of ether oxygens (including phenoxy) is 1. The van der Waals surface area contributed by atoms with Crippen molar-refractivity contribution in [2.75, 3.05) is 6.61 Å². The number of carbonyl (C=O) groups is 1. The predicted molar refractivity (Wildman–Crippen MR) is 110 cm³/mol. The van der Waals surface area contributed by atoms with Crippen molar-refractivity contribution in [2.24, 2.45) is 0 Å². The van der Waals surface area contributed by atoms with Crippen LogP contribution in [-0.4, -0.2) is 27.3 Å². The predicted octanol–water partition coefficient (Wildman–Crippen LogP) is 4.41. The maximum absolute atomic E-state index is 13.1. The summed E-state index contributed by atoms with van der Waals surface area (Å²) < 4.78 is 8.43. The molecule has 1 unspecified atom stereocenters. The molecule has 6 nitrogen and oxygen atoms in total. The van der Waals surface area contributed by atoms with Crippen molar-refractivity contribution >= 4 is 21.8 Å². The van der Waals surface area contributed by atoms with Crippen LogP contribution in [-0.2, 0) is 0 Å². The highest BCUT2D eigenvalue weighted by atomic mass is 79.9. The summed E-state index contributed by atoms with van der Waals surface area (Å²) in [6.07, 6.45) is 4.07. The van der Waals surface area contributed by atoms with Gasteiger partial charge in [-0.1, -0.05) is 35.8 Å². The number of nitrogens with one attached hydrogen (secondary N) is 1. The first-order valence-electron chi connectivity index (χ1n) is 9.27. The van der Waals surface area contributed by atoms with Gasteiger partial charge in [0.2, 0.25) is 0 Å². The van der Waals surface area contributed by atoms with E-state index in [-0.39, 0.29) is 17.9 Å². The quantitative estimate of drug-likeness (QED) is 0.652. The average molecular weight is 441 g/mol. The van der Waals surface area contributed by atoms with Gasteiger partial charge in [-0.25, -0.2) is 9.67 Å². The molecule has 1 N–H and O–H groups in total. The molecule has 0 fully saturated rings. The number of fused-ring (bicyclic) bond motifs is 1. The fraction of sp³-hybridized carbons (Fsp3) is 0.286. The molecule has 7 heteroatoms. The lowest BCUT2D eigenvalue weighted by molar-refractivity contribution is 0.0923. The highest BCUT2D eigenvalue weighted by Crippen LogP contribution is 2.34. The molecule has 0 spiro atoms. The van der Waals surface area contributed by atoms with Gasteiger partial charge in [-0.3, -0.25) is 4.79 Å². The molecule has 0 bridgehead atoms. The van der Waals surface area contributed by atoms with E-state index in [9.17, 15) is 4.79 Å². The fourth-order valence-electron chi connectivity index (χ4n) is 3.50. The summed E-state index contributed by atoms with van der Waals surface area (Å²) in [6, 6.07) is 11.4. The Morgan fingerprint density at radius 3 is 2.93 bits per heavy atom. The second-order valence-electron chi connectivity index (χ2n) is 7.04. The van der Waals surface area contributed by atoms with E-state index in [0.29, 0.717) is 18.0 Å². The van der Waals surface area contributed by atoms with Gasteiger partial charge < -0.3 is 10.1 Å². The van der Waals surface area contributed by atoms with E-state index in [1.54, 1.807) is 17.1 Å². The van der Waals surface area contributed by atoms with Gasteiger partial charge in [0.25, 0.3) is 5.91 Å². The minimum absolute atomic E-state index is 0.105. The Hall–Kier alpha value is -2.67. The molecule has 1 amide bonds. The van der Waals surface area contributed by atoms with Crippen molar-refractivity contribution in [1.29, 1.82) is 0 Å². The first-order chi connectivity index (χ1) is 13.5. The SMILES string of the molecule is CC(C)c1c(C(=O)NC2CCOc3ccc(Br)cc32)cnn1-c1ccccn1. The van der Waals surface area contributed by atoms with Crippen molar-refractivity contribution < 1.29 is 9.53 Å². The molecule has 1 aromatic carbocycles. The van der Waals surface area contributed by atoms with Crippen LogP contribution in [0.2, 0.25) is 0 Å². The summed E-state index contributed by atoms with van der Waals surface area (Å²) in [5, 5.41) is 7.61. The third-order valence-corrected chi connectivity index (χ3v) is 5.27. The summed E-state index contributed by atoms with van der Waals surface area (Å²) in [4.78, 5) is 17.5. The van der Waals surface area contributed by atoms with Gasteiger partial charge in [-0.15, -0.1) is 0 Å². The molecule has 1 atom stereocenters. The Labute approximate surface area is 172 Å². The number of benzene rings is 1. The van der Waals surface area contributed by atoms with E-state index in [4.69, 9.17) is 4.74 Å². The number of nitrogens with zero attached hydrogens (tertiary/aromatic N) is 3. The summed E-state index contributed by atoms with van der Waals surface area (Å²) in [5.41, 5.74) is 2.40. The van der Waals surface area contributed by atoms with Gasteiger partial charge in [-0.2, -0.15) is 5.10 Å². The zero-order chi connectivity index (χ0) is 19.7. The molecule has 4 rings (SSSR count). The lowest BCUT2D eigenvalue weighted by Crippen LogP contribution is -2.32. The minimum atomic E-state index is -0.135. The Kier molecular flexibility index (Phi) is 5.17. The van der Waals surface area contributed by atoms with Crippen molar-refractivity contribution in [1.82, 2.24) is 20.1 Å². The number of pyridine rings is 1. The smallest absolute Gasteiger partial charge is 0.255 e. The van der Waals surface area contributed by atoms with Crippen LogP contribution in [0, 0.1) is 0 Å². The molecule has 3 aromatic rings. The van der Waals surface area contributed by atoms with E-state index in [1.807, 2.05) is 50.2 Å². The van der Waals surface area contributed by atoms with Crippen LogP contribution in [0.1, 0.15) is 53.8 Å². The zero-order valence-electron chi connectivity index (χ0n) is 15.7. The van der Waals surface area contributed by atoms with Crippen LogP contribution in [0.4, 0.5) is 0 Å². The molecular weight excluding hydrogens is 420 g/mol. The largest absolute Gasteiger partial charge is 0.493 e. The molecular formula is C21H21BrN4O2. The number of halogens is 1. The minimum Gasteiger partial charge on any atom is -0.493 e.